The number of aromatic amines is 1. The molecule has 2 amide bonds. The molecule has 2 N–H and O–H groups in total. The number of carbonyl (C=O) groups excluding carboxylic acids is 2. The summed E-state index contributed by atoms with van der Waals surface area (Å²) in [7, 11) is 0. The van der Waals surface area contributed by atoms with Crippen LogP contribution in [0.4, 0.5) is 0 Å². The Balaban J connectivity index is 1.67. The fourth-order valence-electron chi connectivity index (χ4n) is 2.67. The molecule has 1 aliphatic heterocycles. The van der Waals surface area contributed by atoms with E-state index in [1.54, 1.807) is 17.2 Å². The second-order valence-electron chi connectivity index (χ2n) is 5.98. The van der Waals surface area contributed by atoms with Gasteiger partial charge in [0.25, 0.3) is 5.91 Å². The molecule has 25 heavy (non-hydrogen) atoms. The Bertz CT molecular complexity index is 773. The van der Waals surface area contributed by atoms with Crippen molar-refractivity contribution in [1.29, 1.82) is 0 Å². The van der Waals surface area contributed by atoms with Crippen LogP contribution >= 0.6 is 0 Å². The summed E-state index contributed by atoms with van der Waals surface area (Å²) in [5.74, 6) is 0.435. The van der Waals surface area contributed by atoms with Crippen molar-refractivity contribution >= 4 is 11.8 Å². The van der Waals surface area contributed by atoms with Crippen LogP contribution in [0.25, 0.3) is 0 Å². The van der Waals surface area contributed by atoms with Crippen molar-refractivity contribution in [3.63, 3.8) is 0 Å². The van der Waals surface area contributed by atoms with Crippen molar-refractivity contribution in [2.24, 2.45) is 0 Å². The first-order valence-electron chi connectivity index (χ1n) is 8.15. The van der Waals surface area contributed by atoms with E-state index in [0.717, 1.165) is 11.4 Å². The number of aromatic nitrogens is 3. The molecule has 3 rings (SSSR count). The van der Waals surface area contributed by atoms with E-state index in [2.05, 4.69) is 20.3 Å². The number of nitrogens with zero attached hydrogens (tertiary/aromatic N) is 3. The van der Waals surface area contributed by atoms with Crippen LogP contribution in [0.15, 0.2) is 24.4 Å². The fourth-order valence-corrected chi connectivity index (χ4v) is 2.67. The molecule has 8 nitrogen and oxygen atoms in total. The average Bonchev–Trinajstić information content (AvgIpc) is 3.08. The zero-order valence-corrected chi connectivity index (χ0v) is 14.3. The molecular weight excluding hydrogens is 322 g/mol. The lowest BCUT2D eigenvalue weighted by Crippen LogP contribution is -2.42. The number of nitrogens with one attached hydrogen (secondary N) is 2. The third-order valence-corrected chi connectivity index (χ3v) is 3.94. The molecule has 0 spiro atoms. The third-order valence-electron chi connectivity index (χ3n) is 3.94. The van der Waals surface area contributed by atoms with E-state index in [-0.39, 0.29) is 17.9 Å². The molecular formula is C17H21N5O3. The number of aryl methyl sites for hydroxylation is 1. The number of pyridine rings is 1. The Morgan fingerprint density at radius 3 is 3.04 bits per heavy atom. The smallest absolute Gasteiger partial charge is 0.272 e. The number of hydrogen-bond donors (Lipinski definition) is 2. The van der Waals surface area contributed by atoms with Crippen LogP contribution < -0.4 is 5.32 Å². The molecule has 3 heterocycles. The summed E-state index contributed by atoms with van der Waals surface area (Å²) < 4.78 is 5.75. The van der Waals surface area contributed by atoms with Crippen molar-refractivity contribution in [1.82, 2.24) is 25.2 Å². The summed E-state index contributed by atoms with van der Waals surface area (Å²) in [6, 6.07) is 5.41. The Labute approximate surface area is 145 Å². The maximum Gasteiger partial charge on any atom is 0.272 e. The number of H-pyrrole nitrogens is 1. The fraction of sp³-hybridized carbons (Fsp3) is 0.412. The van der Waals surface area contributed by atoms with Gasteiger partial charge in [-0.15, -0.1) is 0 Å². The highest BCUT2D eigenvalue weighted by Gasteiger charge is 2.28. The second kappa shape index (κ2) is 7.43. The van der Waals surface area contributed by atoms with Gasteiger partial charge in [-0.25, -0.2) is 9.97 Å². The van der Waals surface area contributed by atoms with Gasteiger partial charge < -0.3 is 19.9 Å². The maximum absolute atomic E-state index is 12.6. The highest BCUT2D eigenvalue weighted by atomic mass is 16.5. The first-order chi connectivity index (χ1) is 12.0. The van der Waals surface area contributed by atoms with Gasteiger partial charge in [-0.1, -0.05) is 6.07 Å². The molecule has 0 radical (unpaired) electrons. The van der Waals surface area contributed by atoms with Crippen LogP contribution in [-0.2, 0) is 16.1 Å². The summed E-state index contributed by atoms with van der Waals surface area (Å²) in [6.45, 7) is 5.06. The minimum absolute atomic E-state index is 0.104. The maximum atomic E-state index is 12.6. The highest BCUT2D eigenvalue weighted by Crippen LogP contribution is 2.21. The minimum atomic E-state index is -0.325. The van der Waals surface area contributed by atoms with E-state index in [4.69, 9.17) is 4.74 Å². The van der Waals surface area contributed by atoms with Crippen LogP contribution in [0.1, 0.15) is 40.7 Å². The number of imidazole rings is 1. The molecule has 0 aromatic carbocycles. The summed E-state index contributed by atoms with van der Waals surface area (Å²) in [4.78, 5) is 37.1. The second-order valence-corrected chi connectivity index (χ2v) is 5.98. The number of carbonyl (C=O) groups is 2. The predicted molar refractivity (Wildman–Crippen MR) is 89.7 cm³/mol. The molecule has 2 aromatic rings. The number of hydrogen-bond acceptors (Lipinski definition) is 5. The number of ether oxygens (including phenoxy) is 1. The largest absolute Gasteiger partial charge is 0.367 e. The highest BCUT2D eigenvalue weighted by molar-refractivity contribution is 5.92. The van der Waals surface area contributed by atoms with Gasteiger partial charge in [0.05, 0.1) is 31.6 Å². The minimum Gasteiger partial charge on any atom is -0.367 e. The monoisotopic (exact) mass is 343 g/mol. The van der Waals surface area contributed by atoms with E-state index >= 15 is 0 Å². The molecule has 0 aliphatic carbocycles. The quantitative estimate of drug-likeness (QED) is 0.861. The van der Waals surface area contributed by atoms with Crippen molar-refractivity contribution < 1.29 is 14.3 Å². The van der Waals surface area contributed by atoms with Gasteiger partial charge in [-0.05, 0) is 19.1 Å². The number of morpholine rings is 1. The molecule has 132 valence electrons. The summed E-state index contributed by atoms with van der Waals surface area (Å²) in [5.41, 5.74) is 2.04. The Morgan fingerprint density at radius 1 is 1.44 bits per heavy atom. The predicted octanol–water partition coefficient (Wildman–Crippen LogP) is 0.963. The average molecular weight is 343 g/mol. The first-order valence-corrected chi connectivity index (χ1v) is 8.15. The first kappa shape index (κ1) is 17.1. The van der Waals surface area contributed by atoms with Crippen molar-refractivity contribution in [3.05, 3.63) is 47.3 Å². The Kier molecular flexibility index (Phi) is 5.08. The summed E-state index contributed by atoms with van der Waals surface area (Å²) in [6.07, 6.45) is 1.34. The van der Waals surface area contributed by atoms with Gasteiger partial charge in [0.15, 0.2) is 0 Å². The number of rotatable bonds is 4. The molecule has 1 atom stereocenters. The SMILES string of the molecule is CC(=O)NCc1cnc([C@@H]2CN(C(=O)c3cccc(C)n3)CCO2)[nH]1. The normalized spacial score (nSPS) is 17.4. The molecule has 2 aromatic heterocycles. The molecule has 8 heteroatoms. The van der Waals surface area contributed by atoms with Gasteiger partial charge in [0, 0.05) is 19.2 Å². The van der Waals surface area contributed by atoms with E-state index in [0.29, 0.717) is 37.8 Å². The van der Waals surface area contributed by atoms with E-state index in [1.165, 1.54) is 6.92 Å². The van der Waals surface area contributed by atoms with E-state index in [9.17, 15) is 9.59 Å². The molecule has 0 saturated carbocycles. The molecule has 0 bridgehead atoms. The van der Waals surface area contributed by atoms with Gasteiger partial charge in [-0.2, -0.15) is 0 Å². The standard InChI is InChI=1S/C17H21N5O3/c1-11-4-3-5-14(20-11)17(24)22-6-7-25-15(10-22)16-19-9-13(21-16)8-18-12(2)23/h3-5,9,15H,6-8,10H2,1-2H3,(H,18,23)(H,19,21)/t15-/m0/s1. The molecule has 1 aliphatic rings. The topological polar surface area (TPSA) is 100 Å². The summed E-state index contributed by atoms with van der Waals surface area (Å²) in [5, 5.41) is 2.71. The van der Waals surface area contributed by atoms with Crippen molar-refractivity contribution in [2.75, 3.05) is 19.7 Å². The van der Waals surface area contributed by atoms with E-state index < -0.39 is 0 Å². The Hall–Kier alpha value is -2.74. The van der Waals surface area contributed by atoms with Gasteiger partial charge in [-0.3, -0.25) is 9.59 Å². The molecule has 1 saturated heterocycles. The molecule has 0 unspecified atom stereocenters. The van der Waals surface area contributed by atoms with Crippen LogP contribution in [-0.4, -0.2) is 51.4 Å². The lowest BCUT2D eigenvalue weighted by Gasteiger charge is -2.31. The third kappa shape index (κ3) is 4.21. The van der Waals surface area contributed by atoms with Crippen LogP contribution in [0.2, 0.25) is 0 Å². The van der Waals surface area contributed by atoms with Crippen molar-refractivity contribution in [2.45, 2.75) is 26.5 Å². The Morgan fingerprint density at radius 2 is 2.28 bits per heavy atom. The zero-order chi connectivity index (χ0) is 17.8. The van der Waals surface area contributed by atoms with Gasteiger partial charge >= 0.3 is 0 Å². The lowest BCUT2D eigenvalue weighted by molar-refractivity contribution is -0.119. The van der Waals surface area contributed by atoms with E-state index in [1.807, 2.05) is 19.1 Å². The molecule has 1 fully saturated rings. The van der Waals surface area contributed by atoms with Gasteiger partial charge in [0.2, 0.25) is 5.91 Å². The van der Waals surface area contributed by atoms with Crippen LogP contribution in [0.3, 0.4) is 0 Å². The number of amides is 2. The van der Waals surface area contributed by atoms with Crippen LogP contribution in [0, 0.1) is 6.92 Å². The summed E-state index contributed by atoms with van der Waals surface area (Å²) >= 11 is 0. The van der Waals surface area contributed by atoms with Gasteiger partial charge in [0.1, 0.15) is 17.6 Å². The zero-order valence-electron chi connectivity index (χ0n) is 14.3. The van der Waals surface area contributed by atoms with Crippen LogP contribution in [0.5, 0.6) is 0 Å². The van der Waals surface area contributed by atoms with Crippen molar-refractivity contribution in [3.8, 4) is 0 Å². The lowest BCUT2D eigenvalue weighted by atomic mass is 10.2.